The molecule has 4 aromatic rings. The Hall–Kier alpha value is -4.65. The zero-order valence-corrected chi connectivity index (χ0v) is 16.8. The van der Waals surface area contributed by atoms with Gasteiger partial charge in [0.25, 0.3) is 0 Å². The van der Waals surface area contributed by atoms with Gasteiger partial charge in [-0.2, -0.15) is 0 Å². The van der Waals surface area contributed by atoms with Crippen LogP contribution in [0, 0.1) is 0 Å². The molecule has 2 N–H and O–H groups in total. The van der Waals surface area contributed by atoms with Crippen LogP contribution < -0.4 is 0 Å². The summed E-state index contributed by atoms with van der Waals surface area (Å²) in [6.45, 7) is 0. The quantitative estimate of drug-likeness (QED) is 0.210. The molecule has 2 heterocycles. The third-order valence-corrected chi connectivity index (χ3v) is 4.85. The predicted octanol–water partition coefficient (Wildman–Crippen LogP) is 4.16. The molecule has 0 radical (unpaired) electrons. The first kappa shape index (κ1) is 20.6. The third-order valence-electron chi connectivity index (χ3n) is 4.85. The lowest BCUT2D eigenvalue weighted by atomic mass is 9.94. The molecule has 0 bridgehead atoms. The molecule has 32 heavy (non-hydrogen) atoms. The Kier molecular flexibility index (Phi) is 6.08. The maximum absolute atomic E-state index is 13.6. The minimum absolute atomic E-state index is 0.166. The van der Waals surface area contributed by atoms with Gasteiger partial charge in [0.05, 0.1) is 11.1 Å². The van der Waals surface area contributed by atoms with E-state index < -0.39 is 5.78 Å². The largest absolute Gasteiger partial charge is 0.410 e. The van der Waals surface area contributed by atoms with Gasteiger partial charge in [-0.3, -0.25) is 14.8 Å². The SMILES string of the molecule is O=C(c1cccnc1C(=NO)c1ccccc1)c1cccnc1C(=NO)c1ccccc1. The van der Waals surface area contributed by atoms with Gasteiger partial charge in [-0.15, -0.1) is 0 Å². The predicted molar refractivity (Wildman–Crippen MR) is 120 cm³/mol. The van der Waals surface area contributed by atoms with Gasteiger partial charge in [0.1, 0.15) is 22.8 Å². The van der Waals surface area contributed by atoms with Crippen LogP contribution in [0.5, 0.6) is 0 Å². The summed E-state index contributed by atoms with van der Waals surface area (Å²) >= 11 is 0. The first-order chi connectivity index (χ1) is 15.7. The molecule has 4 rings (SSSR count). The molecular formula is C25H18N4O3. The topological polar surface area (TPSA) is 108 Å². The highest BCUT2D eigenvalue weighted by molar-refractivity contribution is 6.24. The molecule has 7 nitrogen and oxygen atoms in total. The van der Waals surface area contributed by atoms with E-state index in [0.717, 1.165) is 0 Å². The zero-order chi connectivity index (χ0) is 22.3. The lowest BCUT2D eigenvalue weighted by Gasteiger charge is -2.12. The van der Waals surface area contributed by atoms with Crippen LogP contribution in [0.15, 0.2) is 108 Å². The Bertz CT molecular complexity index is 1200. The summed E-state index contributed by atoms with van der Waals surface area (Å²) in [6.07, 6.45) is 3.05. The molecule has 0 spiro atoms. The van der Waals surface area contributed by atoms with Crippen LogP contribution in [0.2, 0.25) is 0 Å². The van der Waals surface area contributed by atoms with E-state index in [1.54, 1.807) is 72.8 Å². The molecule has 0 amide bonds. The second-order valence-electron chi connectivity index (χ2n) is 6.76. The van der Waals surface area contributed by atoms with Crippen molar-refractivity contribution in [2.24, 2.45) is 10.3 Å². The highest BCUT2D eigenvalue weighted by Gasteiger charge is 2.24. The number of nitrogens with zero attached hydrogens (tertiary/aromatic N) is 4. The fourth-order valence-electron chi connectivity index (χ4n) is 3.38. The molecule has 0 unspecified atom stereocenters. The molecular weight excluding hydrogens is 404 g/mol. The van der Waals surface area contributed by atoms with Crippen molar-refractivity contribution in [1.29, 1.82) is 0 Å². The average Bonchev–Trinajstić information content (AvgIpc) is 2.86. The molecule has 156 valence electrons. The number of ketones is 1. The van der Waals surface area contributed by atoms with Crippen LogP contribution in [-0.4, -0.2) is 37.6 Å². The maximum Gasteiger partial charge on any atom is 0.197 e. The molecule has 0 saturated carbocycles. The van der Waals surface area contributed by atoms with Crippen molar-refractivity contribution in [3.05, 3.63) is 131 Å². The van der Waals surface area contributed by atoms with Crippen molar-refractivity contribution in [3.63, 3.8) is 0 Å². The maximum atomic E-state index is 13.6. The minimum Gasteiger partial charge on any atom is -0.410 e. The van der Waals surface area contributed by atoms with Gasteiger partial charge >= 0.3 is 0 Å². The minimum atomic E-state index is -0.398. The standard InChI is InChI=1S/C25H18N4O3/c30-25(19-13-7-15-26-23(19)21(28-31)17-9-3-1-4-10-17)20-14-8-16-27-24(20)22(29-32)18-11-5-2-6-12-18/h1-16,31-32H. The van der Waals surface area contributed by atoms with Gasteiger partial charge in [-0.1, -0.05) is 71.0 Å². The second kappa shape index (κ2) is 9.44. The molecule has 0 atom stereocenters. The van der Waals surface area contributed by atoms with Gasteiger partial charge in [0.2, 0.25) is 0 Å². The Morgan fingerprint density at radius 2 is 1.00 bits per heavy atom. The lowest BCUT2D eigenvalue weighted by Crippen LogP contribution is -2.18. The van der Waals surface area contributed by atoms with Crippen molar-refractivity contribution in [1.82, 2.24) is 9.97 Å². The van der Waals surface area contributed by atoms with Crippen LogP contribution >= 0.6 is 0 Å². The number of hydrogen-bond acceptors (Lipinski definition) is 7. The number of oxime groups is 2. The molecule has 0 aliphatic rings. The summed E-state index contributed by atoms with van der Waals surface area (Å²) in [7, 11) is 0. The first-order valence-corrected chi connectivity index (χ1v) is 9.75. The van der Waals surface area contributed by atoms with E-state index in [1.807, 2.05) is 12.1 Å². The van der Waals surface area contributed by atoms with E-state index in [2.05, 4.69) is 20.3 Å². The van der Waals surface area contributed by atoms with Crippen molar-refractivity contribution in [2.45, 2.75) is 0 Å². The van der Waals surface area contributed by atoms with Crippen molar-refractivity contribution in [2.75, 3.05) is 0 Å². The summed E-state index contributed by atoms with van der Waals surface area (Å²) in [5.41, 5.74) is 2.45. The number of hydrogen-bond donors (Lipinski definition) is 2. The average molecular weight is 422 g/mol. The zero-order valence-electron chi connectivity index (χ0n) is 16.8. The van der Waals surface area contributed by atoms with Gasteiger partial charge in [-0.05, 0) is 24.3 Å². The summed E-state index contributed by atoms with van der Waals surface area (Å²) in [6, 6.07) is 24.4. The van der Waals surface area contributed by atoms with E-state index in [1.165, 1.54) is 12.4 Å². The Morgan fingerprint density at radius 1 is 0.594 bits per heavy atom. The number of carbonyl (C=O) groups excluding carboxylic acids is 1. The lowest BCUT2D eigenvalue weighted by molar-refractivity contribution is 0.103. The molecule has 7 heteroatoms. The van der Waals surface area contributed by atoms with Crippen LogP contribution in [0.3, 0.4) is 0 Å². The Labute approximate surface area is 184 Å². The molecule has 0 aliphatic heterocycles. The third kappa shape index (κ3) is 3.99. The highest BCUT2D eigenvalue weighted by atomic mass is 16.4. The number of rotatable bonds is 6. The van der Waals surface area contributed by atoms with Crippen LogP contribution in [0.4, 0.5) is 0 Å². The van der Waals surface area contributed by atoms with Crippen molar-refractivity contribution in [3.8, 4) is 0 Å². The number of aromatic nitrogens is 2. The summed E-state index contributed by atoms with van der Waals surface area (Å²) < 4.78 is 0. The summed E-state index contributed by atoms with van der Waals surface area (Å²) in [5, 5.41) is 26.2. The van der Waals surface area contributed by atoms with E-state index in [0.29, 0.717) is 11.1 Å². The summed E-state index contributed by atoms with van der Waals surface area (Å²) in [5.74, 6) is -0.398. The van der Waals surface area contributed by atoms with Crippen LogP contribution in [0.1, 0.15) is 38.4 Å². The second-order valence-corrected chi connectivity index (χ2v) is 6.76. The molecule has 0 fully saturated rings. The molecule has 0 aliphatic carbocycles. The van der Waals surface area contributed by atoms with Gasteiger partial charge < -0.3 is 10.4 Å². The number of pyridine rings is 2. The van der Waals surface area contributed by atoms with E-state index in [9.17, 15) is 15.2 Å². The normalized spacial score (nSPS) is 11.9. The van der Waals surface area contributed by atoms with Crippen molar-refractivity contribution < 1.29 is 15.2 Å². The fraction of sp³-hybridized carbons (Fsp3) is 0. The van der Waals surface area contributed by atoms with Crippen LogP contribution in [-0.2, 0) is 0 Å². The fourth-order valence-corrected chi connectivity index (χ4v) is 3.38. The molecule has 0 saturated heterocycles. The number of benzene rings is 2. The monoisotopic (exact) mass is 422 g/mol. The smallest absolute Gasteiger partial charge is 0.197 e. The summed E-state index contributed by atoms with van der Waals surface area (Å²) in [4.78, 5) is 22.3. The van der Waals surface area contributed by atoms with E-state index in [4.69, 9.17) is 0 Å². The van der Waals surface area contributed by atoms with Gasteiger partial charge in [0.15, 0.2) is 5.78 Å². The molecule has 2 aromatic heterocycles. The van der Waals surface area contributed by atoms with Crippen molar-refractivity contribution >= 4 is 17.2 Å². The Balaban J connectivity index is 1.83. The van der Waals surface area contributed by atoms with Gasteiger partial charge in [0, 0.05) is 23.5 Å². The Morgan fingerprint density at radius 3 is 1.38 bits per heavy atom. The highest BCUT2D eigenvalue weighted by Crippen LogP contribution is 2.21. The number of carbonyl (C=O) groups is 1. The van der Waals surface area contributed by atoms with Crippen LogP contribution in [0.25, 0.3) is 0 Å². The van der Waals surface area contributed by atoms with E-state index >= 15 is 0 Å². The first-order valence-electron chi connectivity index (χ1n) is 9.75. The van der Waals surface area contributed by atoms with Gasteiger partial charge in [-0.25, -0.2) is 0 Å². The molecule has 2 aromatic carbocycles. The van der Waals surface area contributed by atoms with E-state index in [-0.39, 0.29) is 33.9 Å².